The van der Waals surface area contributed by atoms with E-state index in [-0.39, 0.29) is 11.4 Å². The van der Waals surface area contributed by atoms with E-state index in [0.717, 1.165) is 19.4 Å². The first kappa shape index (κ1) is 31.1. The summed E-state index contributed by atoms with van der Waals surface area (Å²) >= 11 is 0. The van der Waals surface area contributed by atoms with Gasteiger partial charge in [-0.2, -0.15) is 0 Å². The largest absolute Gasteiger partial charge is 0.375 e. The first-order chi connectivity index (χ1) is 15.2. The minimum atomic E-state index is -0.804. The van der Waals surface area contributed by atoms with E-state index >= 15 is 0 Å². The van der Waals surface area contributed by atoms with E-state index in [1.807, 2.05) is 0 Å². The lowest BCUT2D eigenvalue weighted by Crippen LogP contribution is -2.36. The van der Waals surface area contributed by atoms with Crippen LogP contribution in [0.25, 0.3) is 0 Å². The molecule has 0 aliphatic rings. The summed E-state index contributed by atoms with van der Waals surface area (Å²) in [6, 6.07) is 0. The van der Waals surface area contributed by atoms with Gasteiger partial charge in [-0.3, -0.25) is 4.79 Å². The highest BCUT2D eigenvalue weighted by Crippen LogP contribution is 2.19. The molecule has 0 atom stereocenters. The van der Waals surface area contributed by atoms with Crippen LogP contribution in [0.2, 0.25) is 0 Å². The SMILES string of the molecule is C=CC(=O)C(C)(C)OCCC(C)(C)OCCCCCCCCC=CCCCCCCCC. The monoisotopic (exact) mass is 450 g/mol. The quantitative estimate of drug-likeness (QED) is 0.0886. The van der Waals surface area contributed by atoms with Crippen molar-refractivity contribution in [3.8, 4) is 0 Å². The van der Waals surface area contributed by atoms with Gasteiger partial charge >= 0.3 is 0 Å². The summed E-state index contributed by atoms with van der Waals surface area (Å²) in [4.78, 5) is 11.8. The fourth-order valence-electron chi connectivity index (χ4n) is 3.64. The topological polar surface area (TPSA) is 35.5 Å². The Balaban J connectivity index is 3.52. The number of carbonyl (C=O) groups is 1. The van der Waals surface area contributed by atoms with Gasteiger partial charge in [0.1, 0.15) is 5.60 Å². The van der Waals surface area contributed by atoms with E-state index in [1.54, 1.807) is 13.8 Å². The Morgan fingerprint density at radius 3 is 1.75 bits per heavy atom. The van der Waals surface area contributed by atoms with E-state index in [4.69, 9.17) is 9.47 Å². The highest BCUT2D eigenvalue weighted by molar-refractivity contribution is 5.95. The van der Waals surface area contributed by atoms with Crippen LogP contribution in [0.1, 0.15) is 131 Å². The molecule has 3 heteroatoms. The maximum absolute atomic E-state index is 11.8. The molecule has 3 nitrogen and oxygen atoms in total. The molecule has 0 heterocycles. The first-order valence-electron chi connectivity index (χ1n) is 13.3. The highest BCUT2D eigenvalue weighted by atomic mass is 16.5. The van der Waals surface area contributed by atoms with Crippen molar-refractivity contribution in [2.45, 2.75) is 142 Å². The third-order valence-electron chi connectivity index (χ3n) is 6.09. The average molecular weight is 451 g/mol. The Morgan fingerprint density at radius 1 is 0.719 bits per heavy atom. The number of allylic oxidation sites excluding steroid dienone is 2. The molecule has 0 saturated carbocycles. The lowest BCUT2D eigenvalue weighted by atomic mass is 10.0. The molecule has 0 aliphatic carbocycles. The van der Waals surface area contributed by atoms with Crippen LogP contribution >= 0.6 is 0 Å². The van der Waals surface area contributed by atoms with Crippen molar-refractivity contribution in [3.63, 3.8) is 0 Å². The molecular weight excluding hydrogens is 396 g/mol. The molecule has 0 rings (SSSR count). The van der Waals surface area contributed by atoms with Crippen molar-refractivity contribution in [2.24, 2.45) is 0 Å². The van der Waals surface area contributed by atoms with Crippen molar-refractivity contribution < 1.29 is 14.3 Å². The third-order valence-corrected chi connectivity index (χ3v) is 6.09. The number of unbranched alkanes of at least 4 members (excludes halogenated alkanes) is 12. The normalized spacial score (nSPS) is 12.5. The minimum Gasteiger partial charge on any atom is -0.375 e. The Morgan fingerprint density at radius 2 is 1.22 bits per heavy atom. The summed E-state index contributed by atoms with van der Waals surface area (Å²) in [6.45, 7) is 14.9. The molecule has 0 aromatic heterocycles. The van der Waals surface area contributed by atoms with Gasteiger partial charge in [-0.25, -0.2) is 0 Å². The van der Waals surface area contributed by atoms with E-state index in [2.05, 4.69) is 39.5 Å². The zero-order chi connectivity index (χ0) is 24.1. The zero-order valence-electron chi connectivity index (χ0n) is 22.2. The van der Waals surface area contributed by atoms with Crippen LogP contribution in [-0.4, -0.2) is 30.2 Å². The number of ketones is 1. The number of ether oxygens (including phenoxy) is 2. The van der Waals surface area contributed by atoms with Crippen LogP contribution in [0.3, 0.4) is 0 Å². The van der Waals surface area contributed by atoms with Gasteiger partial charge in [-0.1, -0.05) is 83.4 Å². The molecule has 0 fully saturated rings. The first-order valence-corrected chi connectivity index (χ1v) is 13.3. The van der Waals surface area contributed by atoms with Crippen LogP contribution in [-0.2, 0) is 14.3 Å². The number of carbonyl (C=O) groups excluding carboxylic acids is 1. The molecule has 0 aromatic carbocycles. The smallest absolute Gasteiger partial charge is 0.186 e. The van der Waals surface area contributed by atoms with Crippen molar-refractivity contribution in [3.05, 3.63) is 24.8 Å². The average Bonchev–Trinajstić information content (AvgIpc) is 2.74. The Kier molecular flexibility index (Phi) is 19.0. The standard InChI is InChI=1S/C29H54O3/c1-7-9-10-11-12-13-14-15-16-17-18-19-20-21-22-23-25-31-28(3,4)24-26-32-29(5,6)27(30)8-2/h8,15-16H,2,7,9-14,17-26H2,1,3-6H3. The Bertz CT molecular complexity index is 491. The predicted octanol–water partition coefficient (Wildman–Crippen LogP) is 8.76. The van der Waals surface area contributed by atoms with Gasteiger partial charge in [-0.15, -0.1) is 0 Å². The molecule has 188 valence electrons. The second-order valence-corrected chi connectivity index (χ2v) is 10.2. The van der Waals surface area contributed by atoms with Crippen molar-refractivity contribution in [2.75, 3.05) is 13.2 Å². The maximum atomic E-state index is 11.8. The van der Waals surface area contributed by atoms with Crippen LogP contribution in [0, 0.1) is 0 Å². The molecule has 0 bridgehead atoms. The van der Waals surface area contributed by atoms with E-state index in [9.17, 15) is 4.79 Å². The van der Waals surface area contributed by atoms with E-state index in [0.29, 0.717) is 6.61 Å². The molecule has 0 aromatic rings. The molecular formula is C29H54O3. The molecule has 0 unspecified atom stereocenters. The highest BCUT2D eigenvalue weighted by Gasteiger charge is 2.27. The fourth-order valence-corrected chi connectivity index (χ4v) is 3.64. The third kappa shape index (κ3) is 18.6. The molecule has 0 saturated heterocycles. The summed E-state index contributed by atoms with van der Waals surface area (Å²) in [7, 11) is 0. The van der Waals surface area contributed by atoms with Crippen molar-refractivity contribution >= 4 is 5.78 Å². The second kappa shape index (κ2) is 19.5. The zero-order valence-corrected chi connectivity index (χ0v) is 22.2. The summed E-state index contributed by atoms with van der Waals surface area (Å²) in [5, 5.41) is 0. The lowest BCUT2D eigenvalue weighted by molar-refractivity contribution is -0.138. The van der Waals surface area contributed by atoms with Gasteiger partial charge in [0.15, 0.2) is 5.78 Å². The molecule has 32 heavy (non-hydrogen) atoms. The lowest BCUT2D eigenvalue weighted by Gasteiger charge is -2.28. The predicted molar refractivity (Wildman–Crippen MR) is 139 cm³/mol. The van der Waals surface area contributed by atoms with Crippen molar-refractivity contribution in [1.82, 2.24) is 0 Å². The number of hydrogen-bond acceptors (Lipinski definition) is 3. The van der Waals surface area contributed by atoms with Gasteiger partial charge < -0.3 is 9.47 Å². The van der Waals surface area contributed by atoms with E-state index in [1.165, 1.54) is 89.5 Å². The molecule has 0 aliphatic heterocycles. The van der Waals surface area contributed by atoms with Crippen LogP contribution in [0.15, 0.2) is 24.8 Å². The molecule has 0 amide bonds. The van der Waals surface area contributed by atoms with Crippen molar-refractivity contribution in [1.29, 1.82) is 0 Å². The van der Waals surface area contributed by atoms with Crippen LogP contribution < -0.4 is 0 Å². The summed E-state index contributed by atoms with van der Waals surface area (Å²) in [5.74, 6) is -0.0830. The van der Waals surface area contributed by atoms with Gasteiger partial charge in [0.2, 0.25) is 0 Å². The van der Waals surface area contributed by atoms with Gasteiger partial charge in [0, 0.05) is 6.61 Å². The summed E-state index contributed by atoms with van der Waals surface area (Å²) in [6.07, 6.45) is 25.3. The summed E-state index contributed by atoms with van der Waals surface area (Å²) in [5.41, 5.74) is -1.03. The van der Waals surface area contributed by atoms with Crippen LogP contribution in [0.4, 0.5) is 0 Å². The molecule has 0 N–H and O–H groups in total. The van der Waals surface area contributed by atoms with Gasteiger partial charge in [0.05, 0.1) is 12.2 Å². The Hall–Kier alpha value is -0.930. The van der Waals surface area contributed by atoms with E-state index < -0.39 is 5.60 Å². The number of hydrogen-bond donors (Lipinski definition) is 0. The summed E-state index contributed by atoms with van der Waals surface area (Å²) < 4.78 is 11.8. The second-order valence-electron chi connectivity index (χ2n) is 10.2. The van der Waals surface area contributed by atoms with Gasteiger partial charge in [0.25, 0.3) is 0 Å². The minimum absolute atomic E-state index is 0.0830. The Labute approximate surface area is 200 Å². The number of rotatable bonds is 23. The molecule has 0 spiro atoms. The van der Waals surface area contributed by atoms with Crippen LogP contribution in [0.5, 0.6) is 0 Å². The fraction of sp³-hybridized carbons (Fsp3) is 0.828. The molecule has 0 radical (unpaired) electrons. The maximum Gasteiger partial charge on any atom is 0.186 e. The van der Waals surface area contributed by atoms with Gasteiger partial charge in [-0.05, 0) is 72.3 Å².